The van der Waals surface area contributed by atoms with Crippen LogP contribution in [0.15, 0.2) is 18.2 Å². The molecule has 0 aliphatic carbocycles. The molecule has 0 saturated carbocycles. The Morgan fingerprint density at radius 1 is 1.35 bits per heavy atom. The van der Waals surface area contributed by atoms with Gasteiger partial charge in [0.05, 0.1) is 12.5 Å². The summed E-state index contributed by atoms with van der Waals surface area (Å²) in [5, 5.41) is 0. The molecule has 1 amide bonds. The van der Waals surface area contributed by atoms with Crippen molar-refractivity contribution in [1.29, 1.82) is 0 Å². The third-order valence-corrected chi connectivity index (χ3v) is 6.19. The topological polar surface area (TPSA) is 32.8 Å². The number of thioether (sulfide) groups is 1. The standard InChI is InChI=1S/C17H21FN2O2S/c1-19-9-13(17(21)20-4-6-23-7-5-20)14-10-22-15-3-2-11(18)8-12(15)16(14)19/h2-3,8,13-14,16H,4-7,9-10H2,1H3/t13-,14+,16+/m1/s1. The molecule has 4 nitrogen and oxygen atoms in total. The third-order valence-electron chi connectivity index (χ3n) is 5.24. The van der Waals surface area contributed by atoms with Crippen LogP contribution in [0.5, 0.6) is 5.75 Å². The van der Waals surface area contributed by atoms with Crippen molar-refractivity contribution >= 4 is 17.7 Å². The lowest BCUT2D eigenvalue weighted by atomic mass is 9.84. The van der Waals surface area contributed by atoms with Gasteiger partial charge in [0, 0.05) is 48.7 Å². The van der Waals surface area contributed by atoms with Crippen LogP contribution in [0.3, 0.4) is 0 Å². The zero-order chi connectivity index (χ0) is 16.0. The molecule has 0 aromatic heterocycles. The molecular formula is C17H21FN2O2S. The van der Waals surface area contributed by atoms with Gasteiger partial charge in [-0.2, -0.15) is 11.8 Å². The Bertz CT molecular complexity index is 621. The predicted octanol–water partition coefficient (Wildman–Crippen LogP) is 2.01. The summed E-state index contributed by atoms with van der Waals surface area (Å²) < 4.78 is 19.5. The van der Waals surface area contributed by atoms with Gasteiger partial charge in [0.15, 0.2) is 0 Å². The summed E-state index contributed by atoms with van der Waals surface area (Å²) in [5.41, 5.74) is 0.883. The molecule has 6 heteroatoms. The van der Waals surface area contributed by atoms with Crippen LogP contribution >= 0.6 is 11.8 Å². The Labute approximate surface area is 140 Å². The number of fused-ring (bicyclic) bond motifs is 3. The van der Waals surface area contributed by atoms with Crippen LogP contribution in [0, 0.1) is 17.7 Å². The fourth-order valence-electron chi connectivity index (χ4n) is 4.13. The number of hydrogen-bond donors (Lipinski definition) is 0. The lowest BCUT2D eigenvalue weighted by Gasteiger charge is -2.34. The van der Waals surface area contributed by atoms with Crippen molar-refractivity contribution in [2.24, 2.45) is 11.8 Å². The molecule has 2 fully saturated rings. The maximum absolute atomic E-state index is 13.7. The normalized spacial score (nSPS) is 30.5. The summed E-state index contributed by atoms with van der Waals surface area (Å²) in [4.78, 5) is 17.1. The molecule has 0 radical (unpaired) electrons. The Morgan fingerprint density at radius 2 is 2.13 bits per heavy atom. The van der Waals surface area contributed by atoms with Crippen LogP contribution in [-0.4, -0.2) is 60.5 Å². The lowest BCUT2D eigenvalue weighted by molar-refractivity contribution is -0.136. The Hall–Kier alpha value is -1.27. The number of halogens is 1. The van der Waals surface area contributed by atoms with Gasteiger partial charge in [0.25, 0.3) is 0 Å². The van der Waals surface area contributed by atoms with Gasteiger partial charge in [-0.25, -0.2) is 4.39 Å². The monoisotopic (exact) mass is 336 g/mol. The number of ether oxygens (including phenoxy) is 1. The van der Waals surface area contributed by atoms with Gasteiger partial charge in [-0.1, -0.05) is 0 Å². The number of likely N-dealkylation sites (tertiary alicyclic amines) is 1. The van der Waals surface area contributed by atoms with Gasteiger partial charge in [-0.15, -0.1) is 0 Å². The fraction of sp³-hybridized carbons (Fsp3) is 0.588. The van der Waals surface area contributed by atoms with Gasteiger partial charge in [-0.05, 0) is 25.2 Å². The number of carbonyl (C=O) groups excluding carboxylic acids is 1. The van der Waals surface area contributed by atoms with E-state index in [1.165, 1.54) is 6.07 Å². The summed E-state index contributed by atoms with van der Waals surface area (Å²) in [7, 11) is 2.02. The maximum Gasteiger partial charge on any atom is 0.227 e. The van der Waals surface area contributed by atoms with Gasteiger partial charge >= 0.3 is 0 Å². The van der Waals surface area contributed by atoms with Crippen molar-refractivity contribution in [2.75, 3.05) is 44.8 Å². The largest absolute Gasteiger partial charge is 0.493 e. The Balaban J connectivity index is 1.60. The van der Waals surface area contributed by atoms with E-state index >= 15 is 0 Å². The molecule has 124 valence electrons. The first-order valence-corrected chi connectivity index (χ1v) is 9.29. The molecule has 0 unspecified atom stereocenters. The minimum Gasteiger partial charge on any atom is -0.493 e. The Morgan fingerprint density at radius 3 is 2.91 bits per heavy atom. The van der Waals surface area contributed by atoms with Crippen LogP contribution in [0.4, 0.5) is 4.39 Å². The molecule has 23 heavy (non-hydrogen) atoms. The predicted molar refractivity (Wildman–Crippen MR) is 88.2 cm³/mol. The molecule has 4 rings (SSSR count). The minimum atomic E-state index is -0.246. The second-order valence-electron chi connectivity index (χ2n) is 6.59. The highest BCUT2D eigenvalue weighted by Crippen LogP contribution is 2.47. The van der Waals surface area contributed by atoms with Crippen molar-refractivity contribution < 1.29 is 13.9 Å². The summed E-state index contributed by atoms with van der Waals surface area (Å²) in [6, 6.07) is 4.77. The number of hydrogen-bond acceptors (Lipinski definition) is 4. The average molecular weight is 336 g/mol. The van der Waals surface area contributed by atoms with Gasteiger partial charge in [-0.3, -0.25) is 9.69 Å². The minimum absolute atomic E-state index is 0.0514. The highest BCUT2D eigenvalue weighted by Gasteiger charge is 2.48. The first-order chi connectivity index (χ1) is 11.1. The first kappa shape index (κ1) is 15.3. The average Bonchev–Trinajstić information content (AvgIpc) is 2.92. The quantitative estimate of drug-likeness (QED) is 0.785. The summed E-state index contributed by atoms with van der Waals surface area (Å²) in [5.74, 6) is 2.85. The summed E-state index contributed by atoms with van der Waals surface area (Å²) in [6.07, 6.45) is 0. The fourth-order valence-corrected chi connectivity index (χ4v) is 5.03. The zero-order valence-corrected chi connectivity index (χ0v) is 14.0. The van der Waals surface area contributed by atoms with E-state index in [0.717, 1.165) is 42.5 Å². The van der Waals surface area contributed by atoms with E-state index in [2.05, 4.69) is 4.90 Å². The molecule has 2 saturated heterocycles. The Kier molecular flexibility index (Phi) is 3.97. The van der Waals surface area contributed by atoms with Crippen molar-refractivity contribution in [3.05, 3.63) is 29.6 Å². The molecule has 1 aromatic rings. The lowest BCUT2D eigenvalue weighted by Crippen LogP contribution is -2.44. The van der Waals surface area contributed by atoms with Gasteiger partial charge in [0.1, 0.15) is 11.6 Å². The maximum atomic E-state index is 13.7. The molecule has 0 spiro atoms. The SMILES string of the molecule is CN1C[C@@H](C(=O)N2CCSCC2)[C@@H]2COc3ccc(F)cc3[C@@H]21. The van der Waals surface area contributed by atoms with Crippen LogP contribution < -0.4 is 4.74 Å². The number of carbonyl (C=O) groups is 1. The third kappa shape index (κ3) is 2.62. The van der Waals surface area contributed by atoms with Crippen LogP contribution in [-0.2, 0) is 4.79 Å². The second-order valence-corrected chi connectivity index (χ2v) is 7.81. The van der Waals surface area contributed by atoms with Crippen LogP contribution in [0.25, 0.3) is 0 Å². The molecule has 0 N–H and O–H groups in total. The molecule has 3 atom stereocenters. The number of amides is 1. The van der Waals surface area contributed by atoms with E-state index < -0.39 is 0 Å². The van der Waals surface area contributed by atoms with Crippen molar-refractivity contribution in [3.63, 3.8) is 0 Å². The zero-order valence-electron chi connectivity index (χ0n) is 13.2. The second kappa shape index (κ2) is 5.98. The smallest absolute Gasteiger partial charge is 0.227 e. The number of nitrogens with zero attached hydrogens (tertiary/aromatic N) is 2. The molecule has 0 bridgehead atoms. The highest BCUT2D eigenvalue weighted by molar-refractivity contribution is 7.99. The van der Waals surface area contributed by atoms with Crippen molar-refractivity contribution in [2.45, 2.75) is 6.04 Å². The number of benzene rings is 1. The summed E-state index contributed by atoms with van der Waals surface area (Å²) in [6.45, 7) is 2.93. The number of rotatable bonds is 1. The van der Waals surface area contributed by atoms with E-state index in [4.69, 9.17) is 4.74 Å². The van der Waals surface area contributed by atoms with E-state index in [9.17, 15) is 9.18 Å². The van der Waals surface area contributed by atoms with E-state index in [0.29, 0.717) is 6.61 Å². The van der Waals surface area contributed by atoms with E-state index in [-0.39, 0.29) is 29.6 Å². The first-order valence-electron chi connectivity index (χ1n) is 8.14. The highest BCUT2D eigenvalue weighted by atomic mass is 32.2. The molecule has 3 heterocycles. The molecular weight excluding hydrogens is 315 g/mol. The van der Waals surface area contributed by atoms with Crippen molar-refractivity contribution in [1.82, 2.24) is 9.80 Å². The molecule has 3 aliphatic rings. The van der Waals surface area contributed by atoms with Crippen molar-refractivity contribution in [3.8, 4) is 5.75 Å². The van der Waals surface area contributed by atoms with Crippen LogP contribution in [0.1, 0.15) is 11.6 Å². The summed E-state index contributed by atoms with van der Waals surface area (Å²) >= 11 is 1.90. The van der Waals surface area contributed by atoms with Gasteiger partial charge in [0.2, 0.25) is 5.91 Å². The van der Waals surface area contributed by atoms with E-state index in [1.54, 1.807) is 12.1 Å². The van der Waals surface area contributed by atoms with E-state index in [1.807, 2.05) is 23.7 Å². The molecule has 1 aromatic carbocycles. The molecule has 3 aliphatic heterocycles. The van der Waals surface area contributed by atoms with Gasteiger partial charge < -0.3 is 9.64 Å². The van der Waals surface area contributed by atoms with Crippen LogP contribution in [0.2, 0.25) is 0 Å².